The number of carbonyl (C=O) groups excluding carboxylic acids is 1. The first-order chi connectivity index (χ1) is 9.92. The number of nitrogens with zero attached hydrogens (tertiary/aromatic N) is 1. The summed E-state index contributed by atoms with van der Waals surface area (Å²) in [5, 5.41) is 11.7. The highest BCUT2D eigenvalue weighted by atomic mass is 32.1. The molecule has 0 radical (unpaired) electrons. The van der Waals surface area contributed by atoms with Gasteiger partial charge in [-0.15, -0.1) is 11.3 Å². The third kappa shape index (κ3) is 6.59. The van der Waals surface area contributed by atoms with Gasteiger partial charge >= 0.3 is 12.0 Å². The minimum atomic E-state index is -1.04. The predicted octanol–water partition coefficient (Wildman–Crippen LogP) is 1.73. The summed E-state index contributed by atoms with van der Waals surface area (Å²) in [5.41, 5.74) is 0. The van der Waals surface area contributed by atoms with Crippen molar-refractivity contribution in [1.29, 1.82) is 0 Å². The minimum Gasteiger partial charge on any atom is -0.480 e. The molecular formula is C14H22N2O4S. The van der Waals surface area contributed by atoms with E-state index >= 15 is 0 Å². The predicted molar refractivity (Wildman–Crippen MR) is 81.8 cm³/mol. The molecule has 21 heavy (non-hydrogen) atoms. The molecule has 2 amide bonds. The highest BCUT2D eigenvalue weighted by molar-refractivity contribution is 7.11. The lowest BCUT2D eigenvalue weighted by atomic mass is 10.2. The van der Waals surface area contributed by atoms with Crippen LogP contribution >= 0.6 is 11.3 Å². The van der Waals surface area contributed by atoms with Crippen LogP contribution in [0.15, 0.2) is 12.1 Å². The molecule has 0 spiro atoms. The second-order valence-corrected chi connectivity index (χ2v) is 6.25. The van der Waals surface area contributed by atoms with Gasteiger partial charge in [0.05, 0.1) is 6.61 Å². The van der Waals surface area contributed by atoms with E-state index in [4.69, 9.17) is 9.84 Å². The first kappa shape index (κ1) is 17.5. The van der Waals surface area contributed by atoms with Gasteiger partial charge in [0.2, 0.25) is 0 Å². The summed E-state index contributed by atoms with van der Waals surface area (Å²) in [6.45, 7) is 4.16. The zero-order valence-electron chi connectivity index (χ0n) is 12.6. The van der Waals surface area contributed by atoms with Crippen molar-refractivity contribution < 1.29 is 19.4 Å². The van der Waals surface area contributed by atoms with Gasteiger partial charge in [-0.3, -0.25) is 4.79 Å². The number of urea groups is 1. The summed E-state index contributed by atoms with van der Waals surface area (Å²) in [5.74, 6) is -1.04. The summed E-state index contributed by atoms with van der Waals surface area (Å²) < 4.78 is 4.89. The monoisotopic (exact) mass is 314 g/mol. The number of methoxy groups -OCH3 is 1. The van der Waals surface area contributed by atoms with E-state index in [2.05, 4.69) is 5.32 Å². The third-order valence-electron chi connectivity index (χ3n) is 2.85. The fraction of sp³-hybridized carbons (Fsp3) is 0.571. The van der Waals surface area contributed by atoms with Crippen molar-refractivity contribution in [2.24, 2.45) is 0 Å². The Morgan fingerprint density at radius 1 is 1.48 bits per heavy atom. The average molecular weight is 314 g/mol. The molecule has 7 heteroatoms. The Bertz CT molecular complexity index is 475. The van der Waals surface area contributed by atoms with Crippen LogP contribution in [0.5, 0.6) is 0 Å². The Morgan fingerprint density at radius 2 is 2.19 bits per heavy atom. The number of ether oxygens (including phenoxy) is 1. The second-order valence-electron chi connectivity index (χ2n) is 4.88. The molecule has 118 valence electrons. The zero-order chi connectivity index (χ0) is 15.8. The lowest BCUT2D eigenvalue weighted by molar-refractivity contribution is -0.137. The average Bonchev–Trinajstić information content (AvgIpc) is 2.79. The van der Waals surface area contributed by atoms with Crippen LogP contribution in [0.2, 0.25) is 0 Å². The van der Waals surface area contributed by atoms with Gasteiger partial charge in [0.15, 0.2) is 0 Å². The van der Waals surface area contributed by atoms with Crippen LogP contribution in [0.25, 0.3) is 0 Å². The Morgan fingerprint density at radius 3 is 2.71 bits per heavy atom. The van der Waals surface area contributed by atoms with Crippen molar-refractivity contribution in [3.8, 4) is 0 Å². The highest BCUT2D eigenvalue weighted by Gasteiger charge is 2.18. The fourth-order valence-electron chi connectivity index (χ4n) is 1.87. The van der Waals surface area contributed by atoms with Gasteiger partial charge in [-0.05, 0) is 26.0 Å². The minimum absolute atomic E-state index is 0.0608. The first-order valence-electron chi connectivity index (χ1n) is 6.74. The van der Waals surface area contributed by atoms with Gasteiger partial charge in [0.25, 0.3) is 0 Å². The standard InChI is InChI=1S/C14H22N2O4S/c1-10(8-12-5-4-11(2)21-12)15-14(19)16(6-7-20-3)9-13(17)18/h4-5,10H,6-9H2,1-3H3,(H,15,19)(H,17,18). The van der Waals surface area contributed by atoms with E-state index in [0.717, 1.165) is 6.42 Å². The molecule has 0 saturated heterocycles. The maximum atomic E-state index is 12.1. The van der Waals surface area contributed by atoms with Crippen molar-refractivity contribution >= 4 is 23.3 Å². The number of hydrogen-bond acceptors (Lipinski definition) is 4. The number of nitrogens with one attached hydrogen (secondary N) is 1. The summed E-state index contributed by atoms with van der Waals surface area (Å²) in [4.78, 5) is 26.6. The van der Waals surface area contributed by atoms with Crippen molar-refractivity contribution in [2.75, 3.05) is 26.8 Å². The normalized spacial score (nSPS) is 12.0. The molecule has 6 nitrogen and oxygen atoms in total. The molecule has 2 N–H and O–H groups in total. The molecule has 1 atom stereocenters. The SMILES string of the molecule is COCCN(CC(=O)O)C(=O)NC(C)Cc1ccc(C)s1. The van der Waals surface area contributed by atoms with Gasteiger partial charge in [-0.1, -0.05) is 0 Å². The number of thiophene rings is 1. The second kappa shape index (κ2) is 8.63. The molecule has 0 bridgehead atoms. The van der Waals surface area contributed by atoms with Gasteiger partial charge in [0.1, 0.15) is 6.54 Å². The summed E-state index contributed by atoms with van der Waals surface area (Å²) >= 11 is 1.70. The number of aryl methyl sites for hydroxylation is 1. The Balaban J connectivity index is 2.52. The van der Waals surface area contributed by atoms with Crippen LogP contribution in [-0.4, -0.2) is 54.9 Å². The summed E-state index contributed by atoms with van der Waals surface area (Å²) in [6.07, 6.45) is 0.732. The number of carboxylic acids is 1. The molecule has 1 unspecified atom stereocenters. The van der Waals surface area contributed by atoms with E-state index in [0.29, 0.717) is 6.61 Å². The van der Waals surface area contributed by atoms with Crippen molar-refractivity contribution in [1.82, 2.24) is 10.2 Å². The van der Waals surface area contributed by atoms with Gasteiger partial charge in [-0.25, -0.2) is 4.79 Å². The van der Waals surface area contributed by atoms with Crippen molar-refractivity contribution in [2.45, 2.75) is 26.3 Å². The molecule has 0 aromatic carbocycles. The molecule has 0 aliphatic heterocycles. The highest BCUT2D eigenvalue weighted by Crippen LogP contribution is 2.16. The zero-order valence-corrected chi connectivity index (χ0v) is 13.4. The number of rotatable bonds is 8. The van der Waals surface area contributed by atoms with E-state index in [1.807, 2.05) is 26.0 Å². The number of carboxylic acid groups (broad SMARTS) is 1. The quantitative estimate of drug-likeness (QED) is 0.766. The topological polar surface area (TPSA) is 78.9 Å². The number of hydrogen-bond donors (Lipinski definition) is 2. The van der Waals surface area contributed by atoms with Crippen LogP contribution in [-0.2, 0) is 16.0 Å². The van der Waals surface area contributed by atoms with Crippen LogP contribution in [0, 0.1) is 6.92 Å². The lowest BCUT2D eigenvalue weighted by Gasteiger charge is -2.23. The molecule has 0 aliphatic rings. The number of carbonyl (C=O) groups is 2. The maximum absolute atomic E-state index is 12.1. The van der Waals surface area contributed by atoms with E-state index in [1.54, 1.807) is 11.3 Å². The molecule has 0 aliphatic carbocycles. The van der Waals surface area contributed by atoms with E-state index in [9.17, 15) is 9.59 Å². The van der Waals surface area contributed by atoms with E-state index in [1.165, 1.54) is 21.8 Å². The number of amides is 2. The molecular weight excluding hydrogens is 292 g/mol. The van der Waals surface area contributed by atoms with Crippen molar-refractivity contribution in [3.63, 3.8) is 0 Å². The van der Waals surface area contributed by atoms with Crippen molar-refractivity contribution in [3.05, 3.63) is 21.9 Å². The molecule has 0 fully saturated rings. The molecule has 1 aromatic rings. The van der Waals surface area contributed by atoms with Gasteiger partial charge < -0.3 is 20.1 Å². The van der Waals surface area contributed by atoms with E-state index < -0.39 is 5.97 Å². The van der Waals surface area contributed by atoms with Crippen LogP contribution in [0.3, 0.4) is 0 Å². The lowest BCUT2D eigenvalue weighted by Crippen LogP contribution is -2.47. The molecule has 1 aromatic heterocycles. The Labute approximate surface area is 128 Å². The van der Waals surface area contributed by atoms with Crippen LogP contribution in [0.4, 0.5) is 4.79 Å². The number of aliphatic carboxylic acids is 1. The third-order valence-corrected chi connectivity index (χ3v) is 3.87. The summed E-state index contributed by atoms with van der Waals surface area (Å²) in [7, 11) is 1.51. The molecule has 0 saturated carbocycles. The van der Waals surface area contributed by atoms with E-state index in [-0.39, 0.29) is 25.2 Å². The van der Waals surface area contributed by atoms with Gasteiger partial charge in [0, 0.05) is 35.9 Å². The maximum Gasteiger partial charge on any atom is 0.323 e. The smallest absolute Gasteiger partial charge is 0.323 e. The Hall–Kier alpha value is -1.60. The first-order valence-corrected chi connectivity index (χ1v) is 7.55. The molecule has 1 heterocycles. The molecule has 1 rings (SSSR count). The van der Waals surface area contributed by atoms with Crippen LogP contribution in [0.1, 0.15) is 16.7 Å². The van der Waals surface area contributed by atoms with Crippen LogP contribution < -0.4 is 5.32 Å². The van der Waals surface area contributed by atoms with Gasteiger partial charge in [-0.2, -0.15) is 0 Å². The summed E-state index contributed by atoms with van der Waals surface area (Å²) in [6, 6.07) is 3.65. The fourth-order valence-corrected chi connectivity index (χ4v) is 2.89. The largest absolute Gasteiger partial charge is 0.480 e. The Kier molecular flexibility index (Phi) is 7.18.